The van der Waals surface area contributed by atoms with Crippen molar-refractivity contribution in [2.24, 2.45) is 0 Å². The van der Waals surface area contributed by atoms with E-state index in [1.54, 1.807) is 12.3 Å². The molecule has 0 spiro atoms. The van der Waals surface area contributed by atoms with Gasteiger partial charge in [0.1, 0.15) is 5.75 Å². The summed E-state index contributed by atoms with van der Waals surface area (Å²) in [7, 11) is 0. The Morgan fingerprint density at radius 2 is 1.80 bits per heavy atom. The van der Waals surface area contributed by atoms with Crippen molar-refractivity contribution in [1.29, 1.82) is 0 Å². The van der Waals surface area contributed by atoms with Gasteiger partial charge in [-0.25, -0.2) is 0 Å². The Morgan fingerprint density at radius 1 is 1.05 bits per heavy atom. The molecule has 0 unspecified atom stereocenters. The Hall–Kier alpha value is -2.55. The maximum absolute atomic E-state index is 12.7. The lowest BCUT2D eigenvalue weighted by Crippen LogP contribution is -2.04. The molecule has 0 saturated heterocycles. The van der Waals surface area contributed by atoms with E-state index in [1.165, 1.54) is 0 Å². The second-order valence-corrected chi connectivity index (χ2v) is 4.51. The highest BCUT2D eigenvalue weighted by molar-refractivity contribution is 6.17. The van der Waals surface area contributed by atoms with Crippen molar-refractivity contribution in [2.75, 3.05) is 6.61 Å². The van der Waals surface area contributed by atoms with E-state index in [4.69, 9.17) is 4.74 Å². The smallest absolute Gasteiger partial charge is 0.198 e. The topological polar surface area (TPSA) is 42.1 Å². The Bertz CT molecular complexity index is 758. The molecule has 0 atom stereocenters. The summed E-state index contributed by atoms with van der Waals surface area (Å²) < 4.78 is 5.54. The van der Waals surface area contributed by atoms with Gasteiger partial charge in [-0.2, -0.15) is 0 Å². The third kappa shape index (κ3) is 2.07. The van der Waals surface area contributed by atoms with E-state index < -0.39 is 0 Å². The third-order valence-electron chi connectivity index (χ3n) is 3.27. The van der Waals surface area contributed by atoms with Gasteiger partial charge in [0.05, 0.1) is 12.2 Å². The molecular formula is C17H15NO2. The van der Waals surface area contributed by atoms with E-state index in [-0.39, 0.29) is 5.78 Å². The molecule has 0 radical (unpaired) electrons. The van der Waals surface area contributed by atoms with Crippen LogP contribution in [0.15, 0.2) is 54.7 Å². The second-order valence-electron chi connectivity index (χ2n) is 4.51. The zero-order chi connectivity index (χ0) is 13.9. The molecule has 3 nitrogen and oxygen atoms in total. The van der Waals surface area contributed by atoms with Gasteiger partial charge in [0.15, 0.2) is 5.78 Å². The number of fused-ring (bicyclic) bond motifs is 1. The van der Waals surface area contributed by atoms with Crippen LogP contribution in [0.2, 0.25) is 0 Å². The number of rotatable bonds is 4. The zero-order valence-corrected chi connectivity index (χ0v) is 11.2. The van der Waals surface area contributed by atoms with Crippen LogP contribution in [0.3, 0.4) is 0 Å². The quantitative estimate of drug-likeness (QED) is 0.729. The number of carbonyl (C=O) groups is 1. The fraction of sp³-hybridized carbons (Fsp3) is 0.118. The molecule has 3 rings (SSSR count). The van der Waals surface area contributed by atoms with Crippen molar-refractivity contribution in [3.8, 4) is 5.75 Å². The number of hydrogen-bond acceptors (Lipinski definition) is 2. The van der Waals surface area contributed by atoms with Gasteiger partial charge in [-0.3, -0.25) is 4.79 Å². The molecule has 0 amide bonds. The minimum Gasteiger partial charge on any atom is -0.493 e. The number of carbonyl (C=O) groups excluding carboxylic acids is 1. The first kappa shape index (κ1) is 12.5. The average molecular weight is 265 g/mol. The molecule has 0 saturated carbocycles. The summed E-state index contributed by atoms with van der Waals surface area (Å²) in [4.78, 5) is 15.8. The molecule has 0 bridgehead atoms. The van der Waals surface area contributed by atoms with Crippen LogP contribution in [0.4, 0.5) is 0 Å². The summed E-state index contributed by atoms with van der Waals surface area (Å²) in [6.07, 6.45) is 1.76. The maximum Gasteiger partial charge on any atom is 0.198 e. The van der Waals surface area contributed by atoms with E-state index in [1.807, 2.05) is 49.4 Å². The molecule has 0 aliphatic heterocycles. The summed E-state index contributed by atoms with van der Waals surface area (Å²) in [5, 5.41) is 0.934. The van der Waals surface area contributed by atoms with Gasteiger partial charge in [-0.1, -0.05) is 30.3 Å². The second kappa shape index (κ2) is 5.21. The lowest BCUT2D eigenvalue weighted by atomic mass is 10.0. The first-order valence-corrected chi connectivity index (χ1v) is 6.64. The lowest BCUT2D eigenvalue weighted by Gasteiger charge is -2.08. The van der Waals surface area contributed by atoms with Crippen LogP contribution in [-0.4, -0.2) is 17.4 Å². The molecule has 1 N–H and O–H groups in total. The fourth-order valence-electron chi connectivity index (χ4n) is 2.34. The van der Waals surface area contributed by atoms with Gasteiger partial charge < -0.3 is 9.72 Å². The van der Waals surface area contributed by atoms with E-state index in [2.05, 4.69) is 4.98 Å². The van der Waals surface area contributed by atoms with E-state index in [0.717, 1.165) is 10.9 Å². The molecule has 0 aliphatic carbocycles. The third-order valence-corrected chi connectivity index (χ3v) is 3.27. The van der Waals surface area contributed by atoms with Gasteiger partial charge in [-0.05, 0) is 25.1 Å². The molecule has 1 aromatic heterocycles. The Labute approximate surface area is 117 Å². The normalized spacial score (nSPS) is 10.7. The van der Waals surface area contributed by atoms with E-state index in [9.17, 15) is 4.79 Å². The van der Waals surface area contributed by atoms with Crippen molar-refractivity contribution in [1.82, 2.24) is 4.98 Å². The molecule has 20 heavy (non-hydrogen) atoms. The Morgan fingerprint density at radius 3 is 2.65 bits per heavy atom. The lowest BCUT2D eigenvalue weighted by molar-refractivity contribution is 0.103. The van der Waals surface area contributed by atoms with Crippen LogP contribution in [0.1, 0.15) is 22.8 Å². The summed E-state index contributed by atoms with van der Waals surface area (Å²) in [5.41, 5.74) is 2.23. The highest BCUT2D eigenvalue weighted by atomic mass is 16.5. The minimum absolute atomic E-state index is 0.0218. The van der Waals surface area contributed by atoms with Crippen molar-refractivity contribution in [3.63, 3.8) is 0 Å². The van der Waals surface area contributed by atoms with Crippen LogP contribution in [0, 0.1) is 0 Å². The molecular weight excluding hydrogens is 250 g/mol. The highest BCUT2D eigenvalue weighted by Gasteiger charge is 2.17. The number of benzene rings is 2. The number of nitrogens with one attached hydrogen (secondary N) is 1. The van der Waals surface area contributed by atoms with Crippen LogP contribution in [0.25, 0.3) is 10.9 Å². The van der Waals surface area contributed by atoms with Crippen molar-refractivity contribution in [3.05, 3.63) is 65.9 Å². The molecule has 1 heterocycles. The van der Waals surface area contributed by atoms with Gasteiger partial charge in [0.25, 0.3) is 0 Å². The van der Waals surface area contributed by atoms with Gasteiger partial charge >= 0.3 is 0 Å². The Kier molecular flexibility index (Phi) is 3.25. The van der Waals surface area contributed by atoms with E-state index >= 15 is 0 Å². The molecule has 2 aromatic carbocycles. The molecule has 3 heteroatoms. The largest absolute Gasteiger partial charge is 0.493 e. The highest BCUT2D eigenvalue weighted by Crippen LogP contribution is 2.25. The summed E-state index contributed by atoms with van der Waals surface area (Å²) in [6.45, 7) is 2.45. The van der Waals surface area contributed by atoms with Crippen molar-refractivity contribution >= 4 is 16.7 Å². The number of ketones is 1. The molecule has 0 aliphatic rings. The number of H-pyrrole nitrogens is 1. The summed E-state index contributed by atoms with van der Waals surface area (Å²) in [5.74, 6) is 0.608. The first-order chi connectivity index (χ1) is 9.81. The van der Waals surface area contributed by atoms with Crippen LogP contribution in [0.5, 0.6) is 5.75 Å². The SMILES string of the molecule is CCOc1ccccc1C(=O)c1c[nH]c2ccccc12. The monoisotopic (exact) mass is 265 g/mol. The zero-order valence-electron chi connectivity index (χ0n) is 11.2. The molecule has 100 valence electrons. The number of hydrogen-bond donors (Lipinski definition) is 1. The number of para-hydroxylation sites is 2. The fourth-order valence-corrected chi connectivity index (χ4v) is 2.34. The molecule has 0 fully saturated rings. The number of aromatic nitrogens is 1. The predicted molar refractivity (Wildman–Crippen MR) is 79.3 cm³/mol. The van der Waals surface area contributed by atoms with Crippen LogP contribution < -0.4 is 4.74 Å². The summed E-state index contributed by atoms with van der Waals surface area (Å²) >= 11 is 0. The number of aromatic amines is 1. The standard InChI is InChI=1S/C17H15NO2/c1-2-20-16-10-6-4-8-13(16)17(19)14-11-18-15-9-5-3-7-12(14)15/h3-11,18H,2H2,1H3. The minimum atomic E-state index is -0.0218. The average Bonchev–Trinajstić information content (AvgIpc) is 2.91. The van der Waals surface area contributed by atoms with Gasteiger partial charge in [0, 0.05) is 22.7 Å². The van der Waals surface area contributed by atoms with E-state index in [0.29, 0.717) is 23.5 Å². The van der Waals surface area contributed by atoms with Crippen LogP contribution in [-0.2, 0) is 0 Å². The molecule has 3 aromatic rings. The van der Waals surface area contributed by atoms with Gasteiger partial charge in [0.2, 0.25) is 0 Å². The number of ether oxygens (including phenoxy) is 1. The van der Waals surface area contributed by atoms with Crippen LogP contribution >= 0.6 is 0 Å². The van der Waals surface area contributed by atoms with Crippen molar-refractivity contribution < 1.29 is 9.53 Å². The maximum atomic E-state index is 12.7. The predicted octanol–water partition coefficient (Wildman–Crippen LogP) is 3.80. The first-order valence-electron chi connectivity index (χ1n) is 6.64. The van der Waals surface area contributed by atoms with Gasteiger partial charge in [-0.15, -0.1) is 0 Å². The Balaban J connectivity index is 2.09. The summed E-state index contributed by atoms with van der Waals surface area (Å²) in [6, 6.07) is 15.1. The van der Waals surface area contributed by atoms with Crippen molar-refractivity contribution in [2.45, 2.75) is 6.92 Å².